The van der Waals surface area contributed by atoms with Crippen LogP contribution in [0.4, 0.5) is 13.2 Å². The number of benzene rings is 1. The first-order valence-corrected chi connectivity index (χ1v) is 7.89. The molecule has 1 unspecified atom stereocenters. The number of ether oxygens (including phenoxy) is 1. The van der Waals surface area contributed by atoms with Gasteiger partial charge in [0.15, 0.2) is 0 Å². The lowest BCUT2D eigenvalue weighted by atomic mass is 10.1. The van der Waals surface area contributed by atoms with Crippen molar-refractivity contribution in [3.8, 4) is 0 Å². The number of aliphatic carboxylic acids is 1. The maximum Gasteiger partial charge on any atom is 0.449 e. The molecule has 2 aromatic rings. The number of carboxylic acid groups (broad SMARTS) is 1. The standard InChI is InChI=1S/C16H16F3N3O4/c17-16(18,19)15-20-11-3-1-2-4-12(11)22(15)8-13(23)21-5-6-26-9-10(21)7-14(24)25/h1-4,10H,5-9H2,(H,24,25). The van der Waals surface area contributed by atoms with Crippen LogP contribution in [0.3, 0.4) is 0 Å². The molecule has 1 aliphatic heterocycles. The molecule has 0 aliphatic carbocycles. The van der Waals surface area contributed by atoms with Gasteiger partial charge >= 0.3 is 12.1 Å². The maximum absolute atomic E-state index is 13.3. The summed E-state index contributed by atoms with van der Waals surface area (Å²) in [6, 6.07) is 5.31. The van der Waals surface area contributed by atoms with E-state index in [4.69, 9.17) is 9.84 Å². The van der Waals surface area contributed by atoms with Crippen LogP contribution in [0.2, 0.25) is 0 Å². The van der Waals surface area contributed by atoms with Crippen LogP contribution in [0.1, 0.15) is 12.2 Å². The van der Waals surface area contributed by atoms with E-state index in [0.29, 0.717) is 0 Å². The van der Waals surface area contributed by atoms with Crippen LogP contribution in [0.15, 0.2) is 24.3 Å². The van der Waals surface area contributed by atoms with E-state index >= 15 is 0 Å². The molecular weight excluding hydrogens is 355 g/mol. The molecule has 1 aromatic carbocycles. The number of rotatable bonds is 4. The third-order valence-corrected chi connectivity index (χ3v) is 4.16. The van der Waals surface area contributed by atoms with Crippen LogP contribution in [0, 0.1) is 0 Å². The van der Waals surface area contributed by atoms with Crippen LogP contribution in [0.5, 0.6) is 0 Å². The topological polar surface area (TPSA) is 84.7 Å². The fraction of sp³-hybridized carbons (Fsp3) is 0.438. The van der Waals surface area contributed by atoms with Gasteiger partial charge in [-0.05, 0) is 12.1 Å². The van der Waals surface area contributed by atoms with Crippen LogP contribution in [0.25, 0.3) is 11.0 Å². The summed E-state index contributed by atoms with van der Waals surface area (Å²) in [5, 5.41) is 8.96. The molecule has 1 aliphatic rings. The zero-order chi connectivity index (χ0) is 18.9. The fourth-order valence-electron chi connectivity index (χ4n) is 3.03. The number of fused-ring (bicyclic) bond motifs is 1. The van der Waals surface area contributed by atoms with Crippen molar-refractivity contribution >= 4 is 22.9 Å². The third-order valence-electron chi connectivity index (χ3n) is 4.16. The number of para-hydroxylation sites is 2. The summed E-state index contributed by atoms with van der Waals surface area (Å²) in [6.45, 7) is -0.205. The Balaban J connectivity index is 1.92. The predicted octanol–water partition coefficient (Wildman–Crippen LogP) is 1.76. The van der Waals surface area contributed by atoms with Crippen LogP contribution >= 0.6 is 0 Å². The largest absolute Gasteiger partial charge is 0.481 e. The minimum atomic E-state index is -4.72. The minimum Gasteiger partial charge on any atom is -0.481 e. The normalized spacial score (nSPS) is 18.3. The molecule has 0 radical (unpaired) electrons. The zero-order valence-electron chi connectivity index (χ0n) is 13.6. The Morgan fingerprint density at radius 3 is 2.73 bits per heavy atom. The van der Waals surface area contributed by atoms with Crippen LogP contribution in [-0.4, -0.2) is 57.2 Å². The van der Waals surface area contributed by atoms with Crippen molar-refractivity contribution in [1.29, 1.82) is 0 Å². The lowest BCUT2D eigenvalue weighted by Gasteiger charge is -2.35. The van der Waals surface area contributed by atoms with Crippen molar-refractivity contribution in [2.75, 3.05) is 19.8 Å². The van der Waals surface area contributed by atoms with E-state index in [9.17, 15) is 22.8 Å². The number of alkyl halides is 3. The van der Waals surface area contributed by atoms with E-state index in [-0.39, 0.29) is 37.2 Å². The number of carbonyl (C=O) groups is 2. The van der Waals surface area contributed by atoms with Gasteiger partial charge in [-0.1, -0.05) is 12.1 Å². The molecule has 1 N–H and O–H groups in total. The van der Waals surface area contributed by atoms with Gasteiger partial charge < -0.3 is 19.3 Å². The van der Waals surface area contributed by atoms with Crippen molar-refractivity contribution < 1.29 is 32.6 Å². The fourth-order valence-corrected chi connectivity index (χ4v) is 3.03. The highest BCUT2D eigenvalue weighted by Gasteiger charge is 2.39. The summed E-state index contributed by atoms with van der Waals surface area (Å²) in [5.74, 6) is -2.87. The molecule has 26 heavy (non-hydrogen) atoms. The Kier molecular flexibility index (Phi) is 4.86. The first-order valence-electron chi connectivity index (χ1n) is 7.89. The van der Waals surface area contributed by atoms with Gasteiger partial charge in [-0.15, -0.1) is 0 Å². The van der Waals surface area contributed by atoms with Crippen molar-refractivity contribution in [1.82, 2.24) is 14.5 Å². The van der Waals surface area contributed by atoms with Gasteiger partial charge in [0.2, 0.25) is 11.7 Å². The quantitative estimate of drug-likeness (QED) is 0.885. The molecule has 1 amide bonds. The minimum absolute atomic E-state index is 0.0366. The number of hydrogen-bond acceptors (Lipinski definition) is 4. The van der Waals surface area contributed by atoms with E-state index in [1.807, 2.05) is 0 Å². The Morgan fingerprint density at radius 1 is 1.31 bits per heavy atom. The van der Waals surface area contributed by atoms with Crippen molar-refractivity contribution in [2.45, 2.75) is 25.2 Å². The van der Waals surface area contributed by atoms with Gasteiger partial charge in [0.05, 0.1) is 36.7 Å². The molecule has 3 rings (SSSR count). The molecule has 7 nitrogen and oxygen atoms in total. The van der Waals surface area contributed by atoms with E-state index in [2.05, 4.69) is 4.98 Å². The van der Waals surface area contributed by atoms with Crippen molar-refractivity contribution in [3.05, 3.63) is 30.1 Å². The number of carbonyl (C=O) groups excluding carboxylic acids is 1. The summed E-state index contributed by atoms with van der Waals surface area (Å²) < 4.78 is 46.0. The molecule has 2 heterocycles. The third kappa shape index (κ3) is 3.64. The zero-order valence-corrected chi connectivity index (χ0v) is 13.6. The lowest BCUT2D eigenvalue weighted by Crippen LogP contribution is -2.50. The van der Waals surface area contributed by atoms with Gasteiger partial charge in [0.1, 0.15) is 6.54 Å². The van der Waals surface area contributed by atoms with Gasteiger partial charge in [0.25, 0.3) is 0 Å². The van der Waals surface area contributed by atoms with Crippen LogP contribution in [-0.2, 0) is 27.0 Å². The second-order valence-electron chi connectivity index (χ2n) is 5.92. The summed E-state index contributed by atoms with van der Waals surface area (Å²) in [7, 11) is 0. The number of hydrogen-bond donors (Lipinski definition) is 1. The molecule has 0 saturated carbocycles. The van der Waals surface area contributed by atoms with Gasteiger partial charge in [0, 0.05) is 6.54 Å². The van der Waals surface area contributed by atoms with E-state index < -0.39 is 36.5 Å². The van der Waals surface area contributed by atoms with Gasteiger partial charge in [-0.25, -0.2) is 4.98 Å². The lowest BCUT2D eigenvalue weighted by molar-refractivity contribution is -0.150. The Labute approximate surface area is 146 Å². The Morgan fingerprint density at radius 2 is 2.04 bits per heavy atom. The highest BCUT2D eigenvalue weighted by atomic mass is 19.4. The van der Waals surface area contributed by atoms with Crippen molar-refractivity contribution in [2.24, 2.45) is 0 Å². The number of halogens is 3. The monoisotopic (exact) mass is 371 g/mol. The molecule has 1 aromatic heterocycles. The smallest absolute Gasteiger partial charge is 0.449 e. The molecule has 140 valence electrons. The highest BCUT2D eigenvalue weighted by Crippen LogP contribution is 2.31. The van der Waals surface area contributed by atoms with E-state index in [0.717, 1.165) is 4.57 Å². The summed E-state index contributed by atoms with van der Waals surface area (Å²) in [6.07, 6.45) is -5.05. The number of amides is 1. The average molecular weight is 371 g/mol. The van der Waals surface area contributed by atoms with E-state index in [1.165, 1.54) is 17.0 Å². The predicted molar refractivity (Wildman–Crippen MR) is 83.3 cm³/mol. The number of morpholine rings is 1. The molecular formula is C16H16F3N3O4. The molecule has 1 atom stereocenters. The number of nitrogens with zero attached hydrogens (tertiary/aromatic N) is 3. The number of imidazole rings is 1. The molecule has 0 spiro atoms. The summed E-state index contributed by atoms with van der Waals surface area (Å²) in [5.41, 5.74) is 0.327. The number of carboxylic acids is 1. The molecule has 1 saturated heterocycles. The van der Waals surface area contributed by atoms with Crippen LogP contribution < -0.4 is 0 Å². The Hall–Kier alpha value is -2.62. The summed E-state index contributed by atoms with van der Waals surface area (Å²) >= 11 is 0. The molecule has 10 heteroatoms. The maximum atomic E-state index is 13.3. The number of aromatic nitrogens is 2. The van der Waals surface area contributed by atoms with E-state index in [1.54, 1.807) is 12.1 Å². The first-order chi connectivity index (χ1) is 12.3. The Bertz CT molecular complexity index is 834. The SMILES string of the molecule is O=C(O)CC1COCCN1C(=O)Cn1c(C(F)(F)F)nc2ccccc21. The second kappa shape index (κ2) is 6.94. The second-order valence-corrected chi connectivity index (χ2v) is 5.92. The van der Waals surface area contributed by atoms with Gasteiger partial charge in [-0.3, -0.25) is 9.59 Å². The molecule has 1 fully saturated rings. The van der Waals surface area contributed by atoms with Gasteiger partial charge in [-0.2, -0.15) is 13.2 Å². The van der Waals surface area contributed by atoms with Crippen molar-refractivity contribution in [3.63, 3.8) is 0 Å². The summed E-state index contributed by atoms with van der Waals surface area (Å²) in [4.78, 5) is 28.5. The average Bonchev–Trinajstić information content (AvgIpc) is 2.94. The highest BCUT2D eigenvalue weighted by molar-refractivity contribution is 5.82. The molecule has 0 bridgehead atoms. The first kappa shape index (κ1) is 18.2.